The average molecular weight is 344 g/mol. The van der Waals surface area contributed by atoms with Gasteiger partial charge in [-0.1, -0.05) is 13.0 Å². The van der Waals surface area contributed by atoms with E-state index in [4.69, 9.17) is 4.74 Å². The van der Waals surface area contributed by atoms with Crippen LogP contribution in [0.15, 0.2) is 18.2 Å². The molecule has 0 radical (unpaired) electrons. The topological polar surface area (TPSA) is 66.8 Å². The van der Waals surface area contributed by atoms with Gasteiger partial charge in [-0.05, 0) is 84.5 Å². The molecule has 0 saturated heterocycles. The molecule has 0 aliphatic heterocycles. The van der Waals surface area contributed by atoms with Crippen LogP contribution < -0.4 is 0 Å². The molecule has 0 heterocycles. The van der Waals surface area contributed by atoms with E-state index in [1.165, 1.54) is 18.2 Å². The van der Waals surface area contributed by atoms with Crippen molar-refractivity contribution in [3.05, 3.63) is 29.3 Å². The number of carbonyl (C=O) groups is 1. The minimum Gasteiger partial charge on any atom is -0.508 e. The Morgan fingerprint density at radius 2 is 2.12 bits per heavy atom. The lowest BCUT2D eigenvalue weighted by molar-refractivity contribution is -0.143. The summed E-state index contributed by atoms with van der Waals surface area (Å²) in [5, 5.41) is 20.5. The van der Waals surface area contributed by atoms with E-state index < -0.39 is 0 Å². The highest BCUT2D eigenvalue weighted by Crippen LogP contribution is 2.62. The lowest BCUT2D eigenvalue weighted by atomic mass is 9.52. The largest absolute Gasteiger partial charge is 0.508 e. The molecule has 4 rings (SSSR count). The molecule has 0 bridgehead atoms. The van der Waals surface area contributed by atoms with Crippen molar-refractivity contribution in [2.45, 2.75) is 57.5 Å². The number of methoxy groups -OCH3 is 1. The number of hydrogen-bond acceptors (Lipinski definition) is 4. The summed E-state index contributed by atoms with van der Waals surface area (Å²) in [5.41, 5.74) is 2.49. The van der Waals surface area contributed by atoms with Crippen molar-refractivity contribution in [2.75, 3.05) is 7.11 Å². The monoisotopic (exact) mass is 344 g/mol. The Bertz CT molecular complexity index is 684. The number of hydrogen-bond donors (Lipinski definition) is 2. The molecule has 2 fully saturated rings. The molecule has 25 heavy (non-hydrogen) atoms. The van der Waals surface area contributed by atoms with Crippen LogP contribution in [-0.2, 0) is 16.0 Å². The molecule has 0 amide bonds. The summed E-state index contributed by atoms with van der Waals surface area (Å²) in [4.78, 5) is 12.0. The zero-order chi connectivity index (χ0) is 17.8. The number of benzene rings is 1. The molecule has 6 atom stereocenters. The Morgan fingerprint density at radius 1 is 1.32 bits per heavy atom. The Labute approximate surface area is 149 Å². The zero-order valence-corrected chi connectivity index (χ0v) is 15.1. The molecular formula is C21H28O4. The van der Waals surface area contributed by atoms with Gasteiger partial charge in [0.25, 0.3) is 0 Å². The summed E-state index contributed by atoms with van der Waals surface area (Å²) in [6, 6.07) is 5.73. The quantitative estimate of drug-likeness (QED) is 0.807. The molecule has 4 heteroatoms. The number of esters is 1. The smallest absolute Gasteiger partial charge is 0.305 e. The minimum atomic E-state index is -0.224. The molecule has 0 spiro atoms. The van der Waals surface area contributed by atoms with Gasteiger partial charge in [0, 0.05) is 6.42 Å². The number of ether oxygens (including phenoxy) is 1. The number of aromatic hydroxyl groups is 1. The lowest BCUT2D eigenvalue weighted by Crippen LogP contribution is -2.47. The SMILES string of the molecule is COC(=O)C[C@H]1Cc2cc(O)ccc2[C@H]2CC[C@]3(C)[C@@H](O)CC[C@H]3[C@H]12. The fraction of sp³-hybridized carbons (Fsp3) is 0.667. The van der Waals surface area contributed by atoms with Crippen molar-refractivity contribution < 1.29 is 19.7 Å². The summed E-state index contributed by atoms with van der Waals surface area (Å²) in [6.07, 6.45) is 5.01. The van der Waals surface area contributed by atoms with Crippen LogP contribution in [0.1, 0.15) is 56.1 Å². The van der Waals surface area contributed by atoms with Gasteiger partial charge in [0.1, 0.15) is 5.75 Å². The van der Waals surface area contributed by atoms with Gasteiger partial charge in [-0.2, -0.15) is 0 Å². The number of aliphatic hydroxyl groups is 1. The summed E-state index contributed by atoms with van der Waals surface area (Å²) < 4.78 is 4.96. The Hall–Kier alpha value is -1.55. The highest BCUT2D eigenvalue weighted by Gasteiger charge is 2.56. The Morgan fingerprint density at radius 3 is 2.88 bits per heavy atom. The van der Waals surface area contributed by atoms with Crippen LogP contribution in [-0.4, -0.2) is 29.4 Å². The number of phenolic OH excluding ortho intramolecular Hbond substituents is 1. The van der Waals surface area contributed by atoms with E-state index in [2.05, 4.69) is 13.0 Å². The van der Waals surface area contributed by atoms with Crippen LogP contribution in [0, 0.1) is 23.2 Å². The van der Waals surface area contributed by atoms with Crippen molar-refractivity contribution in [3.63, 3.8) is 0 Å². The Kier molecular flexibility index (Phi) is 4.06. The third-order valence-corrected chi connectivity index (χ3v) is 7.49. The number of fused-ring (bicyclic) bond motifs is 5. The number of aliphatic hydroxyl groups excluding tert-OH is 1. The fourth-order valence-corrected chi connectivity index (χ4v) is 6.24. The van der Waals surface area contributed by atoms with Crippen LogP contribution >= 0.6 is 0 Å². The van der Waals surface area contributed by atoms with Gasteiger partial charge in [-0.25, -0.2) is 0 Å². The second kappa shape index (κ2) is 6.01. The van der Waals surface area contributed by atoms with Crippen LogP contribution in [0.3, 0.4) is 0 Å². The maximum atomic E-state index is 12.0. The molecule has 3 aliphatic carbocycles. The van der Waals surface area contributed by atoms with Crippen molar-refractivity contribution in [1.82, 2.24) is 0 Å². The molecule has 1 aromatic carbocycles. The summed E-state index contributed by atoms with van der Waals surface area (Å²) in [7, 11) is 1.45. The summed E-state index contributed by atoms with van der Waals surface area (Å²) in [5.74, 6) is 1.65. The van der Waals surface area contributed by atoms with Gasteiger partial charge < -0.3 is 14.9 Å². The first-order chi connectivity index (χ1) is 11.9. The first kappa shape index (κ1) is 16.9. The first-order valence-corrected chi connectivity index (χ1v) is 9.50. The van der Waals surface area contributed by atoms with Crippen LogP contribution in [0.2, 0.25) is 0 Å². The van der Waals surface area contributed by atoms with E-state index in [9.17, 15) is 15.0 Å². The van der Waals surface area contributed by atoms with Gasteiger partial charge in [0.05, 0.1) is 13.2 Å². The molecule has 0 aromatic heterocycles. The van der Waals surface area contributed by atoms with Crippen molar-refractivity contribution >= 4 is 5.97 Å². The number of phenols is 1. The predicted octanol–water partition coefficient (Wildman–Crippen LogP) is 3.40. The van der Waals surface area contributed by atoms with Gasteiger partial charge >= 0.3 is 5.97 Å². The van der Waals surface area contributed by atoms with Crippen LogP contribution in [0.4, 0.5) is 0 Å². The molecule has 3 aliphatic rings. The van der Waals surface area contributed by atoms with E-state index in [0.29, 0.717) is 29.9 Å². The summed E-state index contributed by atoms with van der Waals surface area (Å²) >= 11 is 0. The highest BCUT2D eigenvalue weighted by molar-refractivity contribution is 5.69. The highest BCUT2D eigenvalue weighted by atomic mass is 16.5. The third-order valence-electron chi connectivity index (χ3n) is 7.49. The van der Waals surface area contributed by atoms with Crippen LogP contribution in [0.5, 0.6) is 5.75 Å². The van der Waals surface area contributed by atoms with E-state index in [1.807, 2.05) is 6.07 Å². The Balaban J connectivity index is 1.75. The van der Waals surface area contributed by atoms with Crippen LogP contribution in [0.25, 0.3) is 0 Å². The second-order valence-electron chi connectivity index (χ2n) is 8.56. The average Bonchev–Trinajstić information content (AvgIpc) is 2.89. The molecule has 2 N–H and O–H groups in total. The molecule has 2 saturated carbocycles. The normalized spacial score (nSPS) is 39.2. The fourth-order valence-electron chi connectivity index (χ4n) is 6.24. The van der Waals surface area contributed by atoms with E-state index >= 15 is 0 Å². The minimum absolute atomic E-state index is 0.0239. The second-order valence-corrected chi connectivity index (χ2v) is 8.56. The van der Waals surface area contributed by atoms with Gasteiger partial charge in [-0.3, -0.25) is 4.79 Å². The lowest BCUT2D eigenvalue weighted by Gasteiger charge is -2.53. The van der Waals surface area contributed by atoms with E-state index in [0.717, 1.165) is 32.1 Å². The van der Waals surface area contributed by atoms with E-state index in [-0.39, 0.29) is 23.4 Å². The molecular weight excluding hydrogens is 316 g/mol. The maximum Gasteiger partial charge on any atom is 0.305 e. The number of rotatable bonds is 2. The first-order valence-electron chi connectivity index (χ1n) is 9.50. The van der Waals surface area contributed by atoms with Gasteiger partial charge in [0.2, 0.25) is 0 Å². The van der Waals surface area contributed by atoms with Gasteiger partial charge in [-0.15, -0.1) is 0 Å². The molecule has 136 valence electrons. The molecule has 1 aromatic rings. The van der Waals surface area contributed by atoms with Crippen molar-refractivity contribution in [3.8, 4) is 5.75 Å². The van der Waals surface area contributed by atoms with Crippen molar-refractivity contribution in [2.24, 2.45) is 23.2 Å². The molecule has 4 nitrogen and oxygen atoms in total. The zero-order valence-electron chi connectivity index (χ0n) is 15.1. The molecule has 0 unspecified atom stereocenters. The summed E-state index contributed by atoms with van der Waals surface area (Å²) in [6.45, 7) is 2.24. The van der Waals surface area contributed by atoms with Crippen molar-refractivity contribution in [1.29, 1.82) is 0 Å². The van der Waals surface area contributed by atoms with Gasteiger partial charge in [0.15, 0.2) is 0 Å². The number of carbonyl (C=O) groups excluding carboxylic acids is 1. The third kappa shape index (κ3) is 2.57. The maximum absolute atomic E-state index is 12.0. The van der Waals surface area contributed by atoms with E-state index in [1.54, 1.807) is 6.07 Å². The predicted molar refractivity (Wildman–Crippen MR) is 94.2 cm³/mol. The standard InChI is InChI=1S/C21H28O4/c1-21-8-7-16-15-4-3-14(22)10-12(15)9-13(11-19(24)25-2)20(16)17(21)5-6-18(21)23/h3-4,10,13,16-18,20,22-23H,5-9,11H2,1-2H3/t13-,16-,17+,18+,20-,21+/m1/s1.